The van der Waals surface area contributed by atoms with E-state index in [4.69, 9.17) is 11.6 Å². The van der Waals surface area contributed by atoms with Crippen LogP contribution in [0.2, 0.25) is 5.02 Å². The Hall–Kier alpha value is -3.35. The number of fused-ring (bicyclic) bond motifs is 1. The minimum Gasteiger partial charge on any atom is -0.478 e. The van der Waals surface area contributed by atoms with E-state index < -0.39 is 23.3 Å². The monoisotopic (exact) mass is 472 g/mol. The molecule has 6 nitrogen and oxygen atoms in total. The van der Waals surface area contributed by atoms with Crippen LogP contribution in [-0.4, -0.2) is 25.8 Å². The molecule has 4 rings (SSSR count). The lowest BCUT2D eigenvalue weighted by molar-refractivity contribution is 0.0691. The number of aromatic nitrogens is 3. The van der Waals surface area contributed by atoms with Gasteiger partial charge in [-0.1, -0.05) is 42.4 Å². The van der Waals surface area contributed by atoms with Crippen molar-refractivity contribution in [2.45, 2.75) is 29.7 Å². The van der Waals surface area contributed by atoms with Gasteiger partial charge in [0.1, 0.15) is 11.8 Å². The molecule has 2 heterocycles. The summed E-state index contributed by atoms with van der Waals surface area (Å²) < 4.78 is 30.8. The fraction of sp³-hybridized carbons (Fsp3) is 0.136. The smallest absolute Gasteiger partial charge is 0.338 e. The summed E-state index contributed by atoms with van der Waals surface area (Å²) in [6.07, 6.45) is 2.32. The van der Waals surface area contributed by atoms with Crippen molar-refractivity contribution in [3.8, 4) is 17.2 Å². The third-order valence-corrected chi connectivity index (χ3v) is 6.31. The maximum Gasteiger partial charge on any atom is 0.338 e. The van der Waals surface area contributed by atoms with E-state index in [1.54, 1.807) is 18.3 Å². The predicted molar refractivity (Wildman–Crippen MR) is 117 cm³/mol. The lowest BCUT2D eigenvalue weighted by Crippen LogP contribution is -2.01. The first kappa shape index (κ1) is 21.9. The Morgan fingerprint density at radius 3 is 2.81 bits per heavy atom. The average Bonchev–Trinajstić information content (AvgIpc) is 3.29. The van der Waals surface area contributed by atoms with Gasteiger partial charge in [0.15, 0.2) is 5.82 Å². The van der Waals surface area contributed by atoms with Gasteiger partial charge >= 0.3 is 5.97 Å². The Labute approximate surface area is 190 Å². The molecular formula is C22H15ClF2N4O2S. The quantitative estimate of drug-likeness (QED) is 0.354. The number of nitrogens with one attached hydrogen (secondary N) is 1. The zero-order chi connectivity index (χ0) is 23.0. The predicted octanol–water partition coefficient (Wildman–Crippen LogP) is 6.09. The highest BCUT2D eigenvalue weighted by Crippen LogP contribution is 2.43. The van der Waals surface area contributed by atoms with Gasteiger partial charge in [-0.2, -0.15) is 9.65 Å². The number of halogens is 3. The Morgan fingerprint density at radius 1 is 1.34 bits per heavy atom. The van der Waals surface area contributed by atoms with E-state index in [1.807, 2.05) is 13.0 Å². The fourth-order valence-corrected chi connectivity index (χ4v) is 4.74. The molecule has 0 atom stereocenters. The first-order valence-electron chi connectivity index (χ1n) is 9.53. The number of nitrogens with zero attached hydrogens (tertiary/aromatic N) is 3. The highest BCUT2D eigenvalue weighted by atomic mass is 35.5. The van der Waals surface area contributed by atoms with Crippen molar-refractivity contribution in [3.05, 3.63) is 64.6 Å². The highest BCUT2D eigenvalue weighted by Gasteiger charge is 2.23. The molecule has 0 spiro atoms. The molecule has 0 fully saturated rings. The van der Waals surface area contributed by atoms with Crippen molar-refractivity contribution in [3.63, 3.8) is 0 Å². The molecule has 0 aliphatic rings. The SMILES string of the molecule is CCCn1cc(-c2c(Cl)ccc3c(Sc4cccc(C(=O)O)c4F)c(C#N)[nH]c23)c(F)n1. The molecule has 2 aromatic carbocycles. The number of nitriles is 1. The van der Waals surface area contributed by atoms with Crippen LogP contribution in [0.4, 0.5) is 8.78 Å². The number of aromatic carboxylic acids is 1. The van der Waals surface area contributed by atoms with Crippen LogP contribution >= 0.6 is 23.4 Å². The summed E-state index contributed by atoms with van der Waals surface area (Å²) in [5.41, 5.74) is 0.571. The summed E-state index contributed by atoms with van der Waals surface area (Å²) in [6, 6.07) is 9.26. The number of aromatic amines is 1. The van der Waals surface area contributed by atoms with E-state index in [0.717, 1.165) is 24.2 Å². The van der Waals surface area contributed by atoms with Crippen molar-refractivity contribution in [2.24, 2.45) is 0 Å². The summed E-state index contributed by atoms with van der Waals surface area (Å²) >= 11 is 7.31. The Morgan fingerprint density at radius 2 is 2.12 bits per heavy atom. The van der Waals surface area contributed by atoms with Crippen LogP contribution in [0.15, 0.2) is 46.3 Å². The second-order valence-corrected chi connectivity index (χ2v) is 8.37. The molecule has 0 unspecified atom stereocenters. The molecule has 0 aliphatic carbocycles. The van der Waals surface area contributed by atoms with E-state index in [2.05, 4.69) is 10.1 Å². The number of benzene rings is 2. The van der Waals surface area contributed by atoms with Crippen LogP contribution in [0, 0.1) is 23.1 Å². The second-order valence-electron chi connectivity index (χ2n) is 6.91. The molecule has 0 radical (unpaired) electrons. The first-order valence-corrected chi connectivity index (χ1v) is 10.7. The maximum atomic E-state index is 14.7. The third kappa shape index (κ3) is 3.72. The maximum absolute atomic E-state index is 14.7. The molecule has 0 saturated carbocycles. The summed E-state index contributed by atoms with van der Waals surface area (Å²) in [6.45, 7) is 2.47. The summed E-state index contributed by atoms with van der Waals surface area (Å²) in [5.74, 6) is -2.99. The Bertz CT molecular complexity index is 1410. The largest absolute Gasteiger partial charge is 0.478 e. The van der Waals surface area contributed by atoms with Gasteiger partial charge in [0.2, 0.25) is 5.95 Å². The lowest BCUT2D eigenvalue weighted by atomic mass is 10.1. The minimum atomic E-state index is -1.39. The van der Waals surface area contributed by atoms with Crippen LogP contribution in [0.3, 0.4) is 0 Å². The molecule has 0 saturated heterocycles. The number of H-pyrrole nitrogens is 1. The molecule has 0 amide bonds. The Kier molecular flexibility index (Phi) is 5.91. The van der Waals surface area contributed by atoms with Crippen LogP contribution in [0.25, 0.3) is 22.0 Å². The molecule has 0 aliphatic heterocycles. The van der Waals surface area contributed by atoms with Gasteiger partial charge in [0.05, 0.1) is 26.6 Å². The zero-order valence-electron chi connectivity index (χ0n) is 16.6. The lowest BCUT2D eigenvalue weighted by Gasteiger charge is -2.07. The van der Waals surface area contributed by atoms with Crippen molar-refractivity contribution in [2.75, 3.05) is 0 Å². The molecule has 2 aromatic heterocycles. The molecular weight excluding hydrogens is 458 g/mol. The Balaban J connectivity index is 1.90. The van der Waals surface area contributed by atoms with Crippen LogP contribution in [0.1, 0.15) is 29.4 Å². The van der Waals surface area contributed by atoms with E-state index in [9.17, 15) is 23.9 Å². The van der Waals surface area contributed by atoms with E-state index >= 15 is 0 Å². The standard InChI is InChI=1S/C22H15ClF2N4O2S/c1-2-8-29-10-13(21(25)28-29)17-14(23)7-6-12-19(17)27-15(9-26)20(12)32-16-5-3-4-11(18(16)24)22(30)31/h3-7,10,27H,2,8H2,1H3,(H,30,31). The van der Waals surface area contributed by atoms with Gasteiger partial charge in [0.25, 0.3) is 0 Å². The molecule has 162 valence electrons. The van der Waals surface area contributed by atoms with Crippen LogP contribution in [0.5, 0.6) is 0 Å². The van der Waals surface area contributed by atoms with Crippen LogP contribution < -0.4 is 0 Å². The topological polar surface area (TPSA) is 94.7 Å². The summed E-state index contributed by atoms with van der Waals surface area (Å²) in [5, 5.41) is 23.5. The fourth-order valence-electron chi connectivity index (χ4n) is 3.43. The molecule has 0 bridgehead atoms. The zero-order valence-corrected chi connectivity index (χ0v) is 18.2. The normalized spacial score (nSPS) is 11.1. The van der Waals surface area contributed by atoms with E-state index in [1.165, 1.54) is 16.8 Å². The number of aryl methyl sites for hydroxylation is 1. The van der Waals surface area contributed by atoms with Gasteiger partial charge < -0.3 is 10.1 Å². The van der Waals surface area contributed by atoms with Crippen molar-refractivity contribution >= 4 is 40.2 Å². The number of carbonyl (C=O) groups is 1. The number of carboxylic acid groups (broad SMARTS) is 1. The summed E-state index contributed by atoms with van der Waals surface area (Å²) in [4.78, 5) is 14.6. The number of rotatable bonds is 6. The van der Waals surface area contributed by atoms with Gasteiger partial charge in [-0.3, -0.25) is 4.68 Å². The average molecular weight is 473 g/mol. The third-order valence-electron chi connectivity index (χ3n) is 4.83. The number of carboxylic acids is 1. The highest BCUT2D eigenvalue weighted by molar-refractivity contribution is 7.99. The molecule has 4 aromatic rings. The first-order chi connectivity index (χ1) is 15.3. The van der Waals surface area contributed by atoms with E-state index in [-0.39, 0.29) is 21.2 Å². The van der Waals surface area contributed by atoms with Crippen molar-refractivity contribution < 1.29 is 18.7 Å². The number of hydrogen-bond acceptors (Lipinski definition) is 4. The number of hydrogen-bond donors (Lipinski definition) is 2. The summed E-state index contributed by atoms with van der Waals surface area (Å²) in [7, 11) is 0. The van der Waals surface area contributed by atoms with E-state index in [0.29, 0.717) is 27.9 Å². The van der Waals surface area contributed by atoms with Gasteiger partial charge in [-0.15, -0.1) is 5.10 Å². The molecule has 2 N–H and O–H groups in total. The minimum absolute atomic E-state index is 0.0424. The van der Waals surface area contributed by atoms with Gasteiger partial charge in [-0.25, -0.2) is 9.18 Å². The molecule has 32 heavy (non-hydrogen) atoms. The second kappa shape index (κ2) is 8.65. The van der Waals surface area contributed by atoms with Gasteiger partial charge in [-0.05, 0) is 24.6 Å². The van der Waals surface area contributed by atoms with Gasteiger partial charge in [0, 0.05) is 28.6 Å². The van der Waals surface area contributed by atoms with Crippen molar-refractivity contribution in [1.82, 2.24) is 14.8 Å². The van der Waals surface area contributed by atoms with Crippen molar-refractivity contribution in [1.29, 1.82) is 5.26 Å². The van der Waals surface area contributed by atoms with Crippen LogP contribution in [-0.2, 0) is 6.54 Å². The molecule has 10 heteroatoms.